The summed E-state index contributed by atoms with van der Waals surface area (Å²) in [4.78, 5) is 72.6. The van der Waals surface area contributed by atoms with Crippen molar-refractivity contribution in [2.45, 2.75) is 62.2 Å². The van der Waals surface area contributed by atoms with Crippen LogP contribution in [0.5, 0.6) is 23.0 Å². The molecule has 0 saturated carbocycles. The molecule has 0 aliphatic heterocycles. The minimum atomic E-state index is -4.12. The second-order valence-corrected chi connectivity index (χ2v) is 15.1. The molecule has 0 bridgehead atoms. The Morgan fingerprint density at radius 2 is 0.915 bits per heavy atom. The quantitative estimate of drug-likeness (QED) is 0.0580. The van der Waals surface area contributed by atoms with Crippen LogP contribution in [0.2, 0.25) is 0 Å². The summed E-state index contributed by atoms with van der Waals surface area (Å²) < 4.78 is 49.6. The summed E-state index contributed by atoms with van der Waals surface area (Å²) in [6.45, 7) is 9.72. The lowest BCUT2D eigenvalue weighted by Gasteiger charge is -2.14. The van der Waals surface area contributed by atoms with Crippen molar-refractivity contribution in [3.63, 3.8) is 0 Å². The lowest BCUT2D eigenvalue weighted by atomic mass is 10.1. The van der Waals surface area contributed by atoms with E-state index in [-0.39, 0.29) is 107 Å². The Balaban J connectivity index is 1.37. The zero-order chi connectivity index (χ0) is 43.0. The first-order chi connectivity index (χ1) is 28.1. The average molecular weight is 825 g/mol. The summed E-state index contributed by atoms with van der Waals surface area (Å²) in [5, 5.41) is 5.42. The molecule has 0 spiro atoms. The van der Waals surface area contributed by atoms with Crippen molar-refractivity contribution >= 4 is 56.5 Å². The first-order valence-corrected chi connectivity index (χ1v) is 19.9. The fourth-order valence-electron chi connectivity index (χ4n) is 5.06. The van der Waals surface area contributed by atoms with Gasteiger partial charge in [-0.2, -0.15) is 0 Å². The fourth-order valence-corrected chi connectivity index (χ4v) is 6.39. The van der Waals surface area contributed by atoms with Crippen molar-refractivity contribution in [3.05, 3.63) is 121 Å². The molecule has 0 aliphatic rings. The maximum atomic E-state index is 13.8. The first kappa shape index (κ1) is 44.8. The SMILES string of the molecule is C=C(C)C(=O)OCCC(=O)CCC(=O)Nc1ccccc1Oc1cccc(S(=O)(=O)c2cccc(Oc3ccccc3NC(=O)CCC(=O)CCOC(=O)C(=C)C)c2)c1. The summed E-state index contributed by atoms with van der Waals surface area (Å²) >= 11 is 0. The normalized spacial score (nSPS) is 10.7. The number of hydrogen-bond acceptors (Lipinski definition) is 12. The van der Waals surface area contributed by atoms with Gasteiger partial charge in [0.15, 0.2) is 11.5 Å². The molecule has 15 heteroatoms. The van der Waals surface area contributed by atoms with Crippen LogP contribution < -0.4 is 20.1 Å². The van der Waals surface area contributed by atoms with Gasteiger partial charge in [0.1, 0.15) is 23.1 Å². The van der Waals surface area contributed by atoms with Crippen LogP contribution in [-0.2, 0) is 48.1 Å². The molecule has 0 fully saturated rings. The van der Waals surface area contributed by atoms with Crippen LogP contribution in [0.3, 0.4) is 0 Å². The summed E-state index contributed by atoms with van der Waals surface area (Å²) in [6, 6.07) is 24.7. The Kier molecular flexibility index (Phi) is 16.4. The van der Waals surface area contributed by atoms with Crippen molar-refractivity contribution in [1.29, 1.82) is 0 Å². The van der Waals surface area contributed by atoms with E-state index >= 15 is 0 Å². The minimum Gasteiger partial charge on any atom is -0.462 e. The number of ketones is 2. The highest BCUT2D eigenvalue weighted by Crippen LogP contribution is 2.34. The van der Waals surface area contributed by atoms with E-state index in [4.69, 9.17) is 18.9 Å². The Morgan fingerprint density at radius 1 is 0.525 bits per heavy atom. The molecule has 0 aliphatic carbocycles. The Bertz CT molecular complexity index is 2200. The van der Waals surface area contributed by atoms with E-state index in [0.717, 1.165) is 0 Å². The number of esters is 2. The average Bonchev–Trinajstić information content (AvgIpc) is 3.20. The lowest BCUT2D eigenvalue weighted by Crippen LogP contribution is -2.15. The lowest BCUT2D eigenvalue weighted by molar-refractivity contribution is -0.141. The number of sulfone groups is 1. The van der Waals surface area contributed by atoms with Gasteiger partial charge in [0.05, 0.1) is 34.4 Å². The van der Waals surface area contributed by atoms with E-state index in [1.165, 1.54) is 50.2 Å². The van der Waals surface area contributed by atoms with Gasteiger partial charge >= 0.3 is 11.9 Å². The second-order valence-electron chi connectivity index (χ2n) is 13.2. The molecule has 0 saturated heterocycles. The number of carbonyl (C=O) groups excluding carboxylic acids is 6. The number of anilines is 2. The third kappa shape index (κ3) is 14.2. The molecular formula is C44H44N2O12S. The third-order valence-corrected chi connectivity index (χ3v) is 9.95. The van der Waals surface area contributed by atoms with Crippen LogP contribution in [0.15, 0.2) is 131 Å². The highest BCUT2D eigenvalue weighted by atomic mass is 32.2. The van der Waals surface area contributed by atoms with Gasteiger partial charge in [0.25, 0.3) is 0 Å². The van der Waals surface area contributed by atoms with Crippen LogP contribution in [0, 0.1) is 0 Å². The van der Waals surface area contributed by atoms with Crippen molar-refractivity contribution < 1.29 is 56.1 Å². The van der Waals surface area contributed by atoms with Gasteiger partial charge in [-0.3, -0.25) is 19.2 Å². The molecule has 14 nitrogen and oxygen atoms in total. The highest BCUT2D eigenvalue weighted by Gasteiger charge is 2.21. The number of nitrogens with one attached hydrogen (secondary N) is 2. The van der Waals surface area contributed by atoms with E-state index in [0.29, 0.717) is 11.4 Å². The van der Waals surface area contributed by atoms with Gasteiger partial charge in [-0.15, -0.1) is 0 Å². The van der Waals surface area contributed by atoms with Crippen LogP contribution in [0.4, 0.5) is 11.4 Å². The third-order valence-electron chi connectivity index (χ3n) is 8.20. The molecule has 4 aromatic carbocycles. The zero-order valence-electron chi connectivity index (χ0n) is 32.6. The summed E-state index contributed by atoms with van der Waals surface area (Å²) in [7, 11) is -4.12. The number of ether oxygens (including phenoxy) is 4. The van der Waals surface area contributed by atoms with Crippen LogP contribution in [0.25, 0.3) is 0 Å². The smallest absolute Gasteiger partial charge is 0.333 e. The molecule has 4 aromatic rings. The Morgan fingerprint density at radius 3 is 1.31 bits per heavy atom. The molecule has 0 aromatic heterocycles. The van der Waals surface area contributed by atoms with Gasteiger partial charge < -0.3 is 29.6 Å². The Labute approximate surface area is 342 Å². The predicted octanol–water partition coefficient (Wildman–Crippen LogP) is 7.70. The summed E-state index contributed by atoms with van der Waals surface area (Å²) in [6.07, 6.45) is -0.471. The van der Waals surface area contributed by atoms with E-state index in [1.807, 2.05) is 0 Å². The van der Waals surface area contributed by atoms with Crippen molar-refractivity contribution in [3.8, 4) is 23.0 Å². The van der Waals surface area contributed by atoms with Crippen molar-refractivity contribution in [1.82, 2.24) is 0 Å². The van der Waals surface area contributed by atoms with Crippen LogP contribution >= 0.6 is 0 Å². The Hall–Kier alpha value is -6.87. The maximum absolute atomic E-state index is 13.8. The van der Waals surface area contributed by atoms with E-state index in [9.17, 15) is 37.2 Å². The predicted molar refractivity (Wildman–Crippen MR) is 218 cm³/mol. The molecular weight excluding hydrogens is 781 g/mol. The first-order valence-electron chi connectivity index (χ1n) is 18.4. The van der Waals surface area contributed by atoms with Crippen LogP contribution in [-0.4, -0.2) is 57.0 Å². The maximum Gasteiger partial charge on any atom is 0.333 e. The van der Waals surface area contributed by atoms with Crippen molar-refractivity contribution in [2.24, 2.45) is 0 Å². The monoisotopic (exact) mass is 824 g/mol. The minimum absolute atomic E-state index is 0.0387. The zero-order valence-corrected chi connectivity index (χ0v) is 33.4. The number of benzene rings is 4. The van der Waals surface area contributed by atoms with Gasteiger partial charge in [0, 0.05) is 49.7 Å². The van der Waals surface area contributed by atoms with Gasteiger partial charge in [-0.1, -0.05) is 49.6 Å². The number of rotatable bonds is 22. The van der Waals surface area contributed by atoms with Crippen LogP contribution in [0.1, 0.15) is 52.4 Å². The standard InChI is InChI=1S/C44H44N2O12S/c1-29(2)43(51)55-25-23-31(47)19-21-41(49)45-37-15-5-7-17-39(37)57-33-11-9-13-35(27-33)59(53,54)36-14-10-12-34(28-36)58-40-18-8-6-16-38(40)46-42(50)22-20-32(48)24-26-56-44(52)30(3)4/h5-18,27-28H,1,3,19-26H2,2,4H3,(H,45,49)(H,46,50). The van der Waals surface area contributed by atoms with Gasteiger partial charge in [0.2, 0.25) is 21.7 Å². The molecule has 2 N–H and O–H groups in total. The molecule has 0 unspecified atom stereocenters. The fraction of sp³-hybridized carbons (Fsp3) is 0.227. The number of carbonyl (C=O) groups is 6. The van der Waals surface area contributed by atoms with Crippen molar-refractivity contribution in [2.75, 3.05) is 23.8 Å². The topological polar surface area (TPSA) is 198 Å². The van der Waals surface area contributed by atoms with E-state index < -0.39 is 33.6 Å². The summed E-state index contributed by atoms with van der Waals surface area (Å²) in [5.41, 5.74) is 1.02. The van der Waals surface area contributed by atoms with Gasteiger partial charge in [-0.25, -0.2) is 18.0 Å². The molecule has 59 heavy (non-hydrogen) atoms. The number of Topliss-reactive ketones (excluding diaryl/α,β-unsaturated/α-hetero) is 2. The van der Waals surface area contributed by atoms with Gasteiger partial charge in [-0.05, 0) is 74.5 Å². The molecule has 2 amide bonds. The molecule has 308 valence electrons. The highest BCUT2D eigenvalue weighted by molar-refractivity contribution is 7.91. The molecule has 0 radical (unpaired) electrons. The largest absolute Gasteiger partial charge is 0.462 e. The second kappa shape index (κ2) is 21.6. The molecule has 4 rings (SSSR count). The molecule has 0 heterocycles. The molecule has 0 atom stereocenters. The summed E-state index contributed by atoms with van der Waals surface area (Å²) in [5.74, 6) is -1.85. The number of amides is 2. The van der Waals surface area contributed by atoms with E-state index in [2.05, 4.69) is 23.8 Å². The number of hydrogen-bond donors (Lipinski definition) is 2. The number of para-hydroxylation sites is 4. The van der Waals surface area contributed by atoms with E-state index in [1.54, 1.807) is 60.7 Å².